The predicted molar refractivity (Wildman–Crippen MR) is 83.5 cm³/mol. The van der Waals surface area contributed by atoms with E-state index in [2.05, 4.69) is 33.2 Å². The van der Waals surface area contributed by atoms with Crippen LogP contribution in [0.3, 0.4) is 0 Å². The first-order valence-electron chi connectivity index (χ1n) is 5.55. The van der Waals surface area contributed by atoms with E-state index in [9.17, 15) is 4.79 Å². The largest absolute Gasteiger partial charge is 0.394 e. The number of thiocarbonyl (C=S) groups is 1. The van der Waals surface area contributed by atoms with E-state index in [1.807, 2.05) is 19.1 Å². The second kappa shape index (κ2) is 7.65. The molecule has 1 aromatic rings. The van der Waals surface area contributed by atoms with Crippen molar-refractivity contribution in [3.63, 3.8) is 0 Å². The van der Waals surface area contributed by atoms with E-state index in [4.69, 9.17) is 17.3 Å². The van der Waals surface area contributed by atoms with Crippen LogP contribution in [0.15, 0.2) is 24.3 Å². The standard InChI is InChI=1S/C12H15IN2O2S/c1-2-8(7-16)14-12(18)15-11(17)9-5-3-4-6-10(9)13/h3-6,8,16H,2,7H2,1H3,(H2,14,15,17,18). The number of carbonyl (C=O) groups is 1. The summed E-state index contributed by atoms with van der Waals surface area (Å²) in [5.41, 5.74) is 0.583. The molecule has 6 heteroatoms. The number of aliphatic hydroxyl groups excluding tert-OH is 1. The van der Waals surface area contributed by atoms with Gasteiger partial charge in [-0.25, -0.2) is 0 Å². The van der Waals surface area contributed by atoms with Crippen LogP contribution in [0.2, 0.25) is 0 Å². The average Bonchev–Trinajstić information content (AvgIpc) is 2.36. The van der Waals surface area contributed by atoms with Crippen LogP contribution in [0.4, 0.5) is 0 Å². The Labute approximate surface area is 125 Å². The molecular weight excluding hydrogens is 363 g/mol. The molecule has 0 aliphatic heterocycles. The van der Waals surface area contributed by atoms with Crippen molar-refractivity contribution in [1.29, 1.82) is 0 Å². The molecule has 0 fully saturated rings. The summed E-state index contributed by atoms with van der Waals surface area (Å²) in [6, 6.07) is 7.13. The van der Waals surface area contributed by atoms with Gasteiger partial charge in [-0.05, 0) is 53.4 Å². The van der Waals surface area contributed by atoms with Gasteiger partial charge in [0.15, 0.2) is 5.11 Å². The highest BCUT2D eigenvalue weighted by Crippen LogP contribution is 2.10. The summed E-state index contributed by atoms with van der Waals surface area (Å²) in [7, 11) is 0. The first-order chi connectivity index (χ1) is 8.58. The predicted octanol–water partition coefficient (Wildman–Crippen LogP) is 1.67. The molecule has 0 saturated heterocycles. The first-order valence-corrected chi connectivity index (χ1v) is 7.04. The molecule has 1 rings (SSSR count). The molecule has 3 N–H and O–H groups in total. The minimum absolute atomic E-state index is 0.0185. The third kappa shape index (κ3) is 4.51. The lowest BCUT2D eigenvalue weighted by Gasteiger charge is -2.16. The van der Waals surface area contributed by atoms with Crippen LogP contribution >= 0.6 is 34.8 Å². The molecule has 0 spiro atoms. The highest BCUT2D eigenvalue weighted by atomic mass is 127. The molecule has 0 aliphatic carbocycles. The minimum atomic E-state index is -0.245. The Morgan fingerprint density at radius 2 is 2.17 bits per heavy atom. The summed E-state index contributed by atoms with van der Waals surface area (Å²) in [4.78, 5) is 11.9. The molecule has 1 atom stereocenters. The summed E-state index contributed by atoms with van der Waals surface area (Å²) in [5, 5.41) is 14.8. The van der Waals surface area contributed by atoms with Crippen LogP contribution in [0.1, 0.15) is 23.7 Å². The molecular formula is C12H15IN2O2S. The fourth-order valence-electron chi connectivity index (χ4n) is 1.31. The molecule has 0 heterocycles. The van der Waals surface area contributed by atoms with Crippen molar-refractivity contribution < 1.29 is 9.90 Å². The van der Waals surface area contributed by atoms with Gasteiger partial charge in [-0.2, -0.15) is 0 Å². The van der Waals surface area contributed by atoms with Gasteiger partial charge in [0.25, 0.3) is 5.91 Å². The lowest BCUT2D eigenvalue weighted by Crippen LogP contribution is -2.45. The van der Waals surface area contributed by atoms with Gasteiger partial charge in [-0.1, -0.05) is 19.1 Å². The Balaban J connectivity index is 2.60. The van der Waals surface area contributed by atoms with Gasteiger partial charge in [-0.15, -0.1) is 0 Å². The van der Waals surface area contributed by atoms with Crippen molar-refractivity contribution >= 4 is 45.8 Å². The molecule has 4 nitrogen and oxygen atoms in total. The third-order valence-corrected chi connectivity index (χ3v) is 3.55. The lowest BCUT2D eigenvalue weighted by molar-refractivity contribution is 0.0975. The quantitative estimate of drug-likeness (QED) is 0.551. The van der Waals surface area contributed by atoms with Gasteiger partial charge in [0.1, 0.15) is 0 Å². The molecule has 0 saturated carbocycles. The molecule has 1 unspecified atom stereocenters. The number of rotatable bonds is 4. The Morgan fingerprint density at radius 1 is 1.50 bits per heavy atom. The molecule has 0 radical (unpaired) electrons. The Bertz CT molecular complexity index is 436. The molecule has 1 aromatic carbocycles. The highest BCUT2D eigenvalue weighted by Gasteiger charge is 2.12. The molecule has 0 aromatic heterocycles. The topological polar surface area (TPSA) is 61.4 Å². The normalized spacial score (nSPS) is 11.7. The van der Waals surface area contributed by atoms with E-state index in [-0.39, 0.29) is 23.7 Å². The molecule has 1 amide bonds. The number of hydrogen-bond acceptors (Lipinski definition) is 3. The van der Waals surface area contributed by atoms with Gasteiger partial charge in [0.05, 0.1) is 18.2 Å². The maximum atomic E-state index is 11.9. The van der Waals surface area contributed by atoms with E-state index in [1.54, 1.807) is 12.1 Å². The van der Waals surface area contributed by atoms with Crippen molar-refractivity contribution in [2.24, 2.45) is 0 Å². The Hall–Kier alpha value is -0.730. The van der Waals surface area contributed by atoms with Crippen LogP contribution in [-0.4, -0.2) is 28.8 Å². The van der Waals surface area contributed by atoms with Crippen LogP contribution in [0, 0.1) is 3.57 Å². The van der Waals surface area contributed by atoms with Crippen molar-refractivity contribution in [3.8, 4) is 0 Å². The van der Waals surface area contributed by atoms with Crippen molar-refractivity contribution in [3.05, 3.63) is 33.4 Å². The molecule has 0 bridgehead atoms. The van der Waals surface area contributed by atoms with Crippen molar-refractivity contribution in [2.45, 2.75) is 19.4 Å². The Kier molecular flexibility index (Phi) is 6.51. The van der Waals surface area contributed by atoms with Crippen molar-refractivity contribution in [1.82, 2.24) is 10.6 Å². The van der Waals surface area contributed by atoms with E-state index >= 15 is 0 Å². The number of aliphatic hydroxyl groups is 1. The second-order valence-corrected chi connectivity index (χ2v) is 5.27. The summed E-state index contributed by atoms with van der Waals surface area (Å²) < 4.78 is 0.865. The summed E-state index contributed by atoms with van der Waals surface area (Å²) in [6.07, 6.45) is 0.732. The Morgan fingerprint density at radius 3 is 2.72 bits per heavy atom. The fraction of sp³-hybridized carbons (Fsp3) is 0.333. The maximum absolute atomic E-state index is 11.9. The number of amides is 1. The second-order valence-electron chi connectivity index (χ2n) is 3.70. The summed E-state index contributed by atoms with van der Waals surface area (Å²) >= 11 is 7.12. The lowest BCUT2D eigenvalue weighted by atomic mass is 10.2. The van der Waals surface area contributed by atoms with E-state index in [1.165, 1.54) is 0 Å². The number of benzene rings is 1. The molecule has 0 aliphatic rings. The van der Waals surface area contributed by atoms with Crippen LogP contribution < -0.4 is 10.6 Å². The van der Waals surface area contributed by atoms with Crippen molar-refractivity contribution in [2.75, 3.05) is 6.61 Å². The van der Waals surface area contributed by atoms with Gasteiger partial charge < -0.3 is 10.4 Å². The number of carbonyl (C=O) groups excluding carboxylic acids is 1. The van der Waals surface area contributed by atoms with E-state index < -0.39 is 0 Å². The van der Waals surface area contributed by atoms with Crippen LogP contribution in [-0.2, 0) is 0 Å². The average molecular weight is 378 g/mol. The van der Waals surface area contributed by atoms with E-state index in [0.29, 0.717) is 5.56 Å². The SMILES string of the molecule is CCC(CO)NC(=S)NC(=O)c1ccccc1I. The monoisotopic (exact) mass is 378 g/mol. The summed E-state index contributed by atoms with van der Waals surface area (Å²) in [6.45, 7) is 1.91. The maximum Gasteiger partial charge on any atom is 0.258 e. The van der Waals surface area contributed by atoms with Gasteiger partial charge in [-0.3, -0.25) is 10.1 Å². The van der Waals surface area contributed by atoms with E-state index in [0.717, 1.165) is 9.99 Å². The smallest absolute Gasteiger partial charge is 0.258 e. The third-order valence-electron chi connectivity index (χ3n) is 2.39. The van der Waals surface area contributed by atoms with Crippen LogP contribution in [0.25, 0.3) is 0 Å². The van der Waals surface area contributed by atoms with Crippen LogP contribution in [0.5, 0.6) is 0 Å². The zero-order chi connectivity index (χ0) is 13.5. The number of hydrogen-bond donors (Lipinski definition) is 3. The van der Waals surface area contributed by atoms with Gasteiger partial charge in [0.2, 0.25) is 0 Å². The number of nitrogens with one attached hydrogen (secondary N) is 2. The molecule has 98 valence electrons. The highest BCUT2D eigenvalue weighted by molar-refractivity contribution is 14.1. The fourth-order valence-corrected chi connectivity index (χ4v) is 2.21. The van der Waals surface area contributed by atoms with Gasteiger partial charge >= 0.3 is 0 Å². The van der Waals surface area contributed by atoms with Gasteiger partial charge in [0, 0.05) is 3.57 Å². The zero-order valence-electron chi connectivity index (χ0n) is 9.94. The first kappa shape index (κ1) is 15.3. The molecule has 18 heavy (non-hydrogen) atoms. The minimum Gasteiger partial charge on any atom is -0.394 e. The zero-order valence-corrected chi connectivity index (χ0v) is 12.9. The number of halogens is 1. The summed E-state index contributed by atoms with van der Waals surface area (Å²) in [5.74, 6) is -0.245.